The van der Waals surface area contributed by atoms with Crippen molar-refractivity contribution in [2.45, 2.75) is 20.0 Å². The molecule has 0 radical (unpaired) electrons. The second-order valence-electron chi connectivity index (χ2n) is 4.67. The highest BCUT2D eigenvalue weighted by atomic mass is 32.1. The van der Waals surface area contributed by atoms with Crippen LogP contribution in [-0.2, 0) is 17.8 Å². The van der Waals surface area contributed by atoms with Crippen molar-refractivity contribution >= 4 is 23.6 Å². The van der Waals surface area contributed by atoms with E-state index in [1.807, 2.05) is 12.3 Å². The summed E-state index contributed by atoms with van der Waals surface area (Å²) in [6.45, 7) is 5.96. The summed E-state index contributed by atoms with van der Waals surface area (Å²) in [5, 5.41) is 7.51. The number of morpholine rings is 1. The third-order valence-electron chi connectivity index (χ3n) is 3.08. The maximum atomic E-state index is 5.54. The Kier molecular flexibility index (Phi) is 4.25. The van der Waals surface area contributed by atoms with Crippen molar-refractivity contribution in [1.29, 1.82) is 0 Å². The summed E-state index contributed by atoms with van der Waals surface area (Å²) in [6.07, 6.45) is 0.587. The molecule has 0 saturated carbocycles. The Morgan fingerprint density at radius 1 is 1.40 bits per heavy atom. The van der Waals surface area contributed by atoms with Gasteiger partial charge in [0.05, 0.1) is 37.0 Å². The summed E-state index contributed by atoms with van der Waals surface area (Å²) in [5.41, 5.74) is 0.974. The van der Waals surface area contributed by atoms with Crippen LogP contribution in [0.2, 0.25) is 0 Å². The Bertz CT molecular complexity index is 627. The fourth-order valence-electron chi connectivity index (χ4n) is 2.09. The SMILES string of the molecule is Cc1nc(Cc2nn(CN3CCOCC3)c(=S)o2)cs1. The molecular weight excluding hydrogens is 296 g/mol. The largest absolute Gasteiger partial charge is 0.414 e. The van der Waals surface area contributed by atoms with Gasteiger partial charge < -0.3 is 9.15 Å². The molecule has 8 heteroatoms. The third-order valence-corrected chi connectivity index (χ3v) is 4.20. The van der Waals surface area contributed by atoms with Gasteiger partial charge in [0.25, 0.3) is 4.84 Å². The molecule has 2 aromatic rings. The van der Waals surface area contributed by atoms with E-state index in [1.54, 1.807) is 16.0 Å². The molecule has 0 spiro atoms. The van der Waals surface area contributed by atoms with E-state index in [-0.39, 0.29) is 0 Å². The zero-order valence-electron chi connectivity index (χ0n) is 11.2. The first kappa shape index (κ1) is 13.9. The number of hydrogen-bond acceptors (Lipinski definition) is 7. The zero-order chi connectivity index (χ0) is 13.9. The van der Waals surface area contributed by atoms with Crippen molar-refractivity contribution in [3.8, 4) is 0 Å². The molecule has 6 nitrogen and oxygen atoms in total. The van der Waals surface area contributed by atoms with Crippen LogP contribution in [-0.4, -0.2) is 46.0 Å². The molecule has 1 aliphatic heterocycles. The molecule has 0 bridgehead atoms. The summed E-state index contributed by atoms with van der Waals surface area (Å²) >= 11 is 6.85. The molecule has 3 heterocycles. The smallest absolute Gasteiger partial charge is 0.288 e. The first-order valence-corrected chi connectivity index (χ1v) is 7.77. The van der Waals surface area contributed by atoms with Gasteiger partial charge in [0.15, 0.2) is 0 Å². The molecule has 1 saturated heterocycles. The normalized spacial score (nSPS) is 16.6. The van der Waals surface area contributed by atoms with Crippen LogP contribution in [0.5, 0.6) is 0 Å². The second kappa shape index (κ2) is 6.13. The van der Waals surface area contributed by atoms with Crippen LogP contribution < -0.4 is 0 Å². The van der Waals surface area contributed by atoms with Crippen LogP contribution in [0, 0.1) is 11.8 Å². The van der Waals surface area contributed by atoms with Gasteiger partial charge >= 0.3 is 0 Å². The van der Waals surface area contributed by atoms with Gasteiger partial charge in [-0.3, -0.25) is 4.90 Å². The maximum Gasteiger partial charge on any atom is 0.288 e. The van der Waals surface area contributed by atoms with E-state index in [2.05, 4.69) is 15.0 Å². The quantitative estimate of drug-likeness (QED) is 0.803. The van der Waals surface area contributed by atoms with Gasteiger partial charge in [-0.2, -0.15) is 0 Å². The minimum absolute atomic E-state index is 0.415. The van der Waals surface area contributed by atoms with Gasteiger partial charge in [-0.25, -0.2) is 9.67 Å². The summed E-state index contributed by atoms with van der Waals surface area (Å²) in [6, 6.07) is 0. The minimum Gasteiger partial charge on any atom is -0.414 e. The van der Waals surface area contributed by atoms with E-state index >= 15 is 0 Å². The van der Waals surface area contributed by atoms with Gasteiger partial charge in [0, 0.05) is 18.5 Å². The maximum absolute atomic E-state index is 5.54. The molecule has 0 aliphatic carbocycles. The number of rotatable bonds is 4. The Labute approximate surface area is 126 Å². The van der Waals surface area contributed by atoms with Crippen LogP contribution >= 0.6 is 23.6 Å². The second-order valence-corrected chi connectivity index (χ2v) is 6.08. The number of ether oxygens (including phenoxy) is 1. The molecule has 108 valence electrons. The standard InChI is InChI=1S/C12H16N4O2S2/c1-9-13-10(7-20-9)6-11-14-16(12(19)18-11)8-15-2-4-17-5-3-15/h7H,2-6,8H2,1H3. The predicted octanol–water partition coefficient (Wildman–Crippen LogP) is 1.85. The number of aryl methyl sites for hydroxylation is 1. The average Bonchev–Trinajstić information content (AvgIpc) is 2.98. The van der Waals surface area contributed by atoms with Gasteiger partial charge in [0.2, 0.25) is 5.89 Å². The summed E-state index contributed by atoms with van der Waals surface area (Å²) in [4.78, 5) is 7.07. The molecule has 2 aromatic heterocycles. The number of nitrogens with zero attached hydrogens (tertiary/aromatic N) is 4. The topological polar surface area (TPSA) is 56.3 Å². The fraction of sp³-hybridized carbons (Fsp3) is 0.583. The van der Waals surface area contributed by atoms with Crippen LogP contribution in [0.4, 0.5) is 0 Å². The summed E-state index contributed by atoms with van der Waals surface area (Å²) in [7, 11) is 0. The fourth-order valence-corrected chi connectivity index (χ4v) is 2.89. The van der Waals surface area contributed by atoms with Gasteiger partial charge in [-0.05, 0) is 19.1 Å². The Hall–Kier alpha value is -1.09. The zero-order valence-corrected chi connectivity index (χ0v) is 12.9. The highest BCUT2D eigenvalue weighted by Crippen LogP contribution is 2.13. The minimum atomic E-state index is 0.415. The van der Waals surface area contributed by atoms with Gasteiger partial charge in [-0.15, -0.1) is 16.4 Å². The van der Waals surface area contributed by atoms with Crippen molar-refractivity contribution in [2.24, 2.45) is 0 Å². The monoisotopic (exact) mass is 312 g/mol. The molecule has 1 fully saturated rings. The Morgan fingerprint density at radius 3 is 2.90 bits per heavy atom. The summed E-state index contributed by atoms with van der Waals surface area (Å²) in [5.74, 6) is 0.619. The van der Waals surface area contributed by atoms with Crippen LogP contribution in [0.1, 0.15) is 16.6 Å². The van der Waals surface area contributed by atoms with Crippen molar-refractivity contribution in [3.63, 3.8) is 0 Å². The van der Waals surface area contributed by atoms with Gasteiger partial charge in [0.1, 0.15) is 0 Å². The first-order chi connectivity index (χ1) is 9.70. The van der Waals surface area contributed by atoms with Crippen LogP contribution in [0.25, 0.3) is 0 Å². The molecular formula is C12H16N4O2S2. The summed E-state index contributed by atoms with van der Waals surface area (Å²) < 4.78 is 12.6. The third kappa shape index (κ3) is 3.32. The number of thiazole rings is 1. The lowest BCUT2D eigenvalue weighted by Crippen LogP contribution is -2.37. The van der Waals surface area contributed by atoms with E-state index in [1.165, 1.54) is 0 Å². The van der Waals surface area contributed by atoms with E-state index in [0.29, 0.717) is 23.8 Å². The predicted molar refractivity (Wildman–Crippen MR) is 77.4 cm³/mol. The molecule has 3 rings (SSSR count). The Morgan fingerprint density at radius 2 is 2.20 bits per heavy atom. The Balaban J connectivity index is 1.68. The lowest BCUT2D eigenvalue weighted by Gasteiger charge is -2.25. The van der Waals surface area contributed by atoms with E-state index in [4.69, 9.17) is 21.4 Å². The van der Waals surface area contributed by atoms with Crippen molar-refractivity contribution in [3.05, 3.63) is 26.8 Å². The highest BCUT2D eigenvalue weighted by molar-refractivity contribution is 7.71. The lowest BCUT2D eigenvalue weighted by molar-refractivity contribution is 0.0206. The first-order valence-electron chi connectivity index (χ1n) is 6.48. The van der Waals surface area contributed by atoms with Gasteiger partial charge in [-0.1, -0.05) is 0 Å². The van der Waals surface area contributed by atoms with Crippen molar-refractivity contribution in [2.75, 3.05) is 26.3 Å². The van der Waals surface area contributed by atoms with Crippen LogP contribution in [0.15, 0.2) is 9.80 Å². The van der Waals surface area contributed by atoms with E-state index in [9.17, 15) is 0 Å². The number of hydrogen-bond donors (Lipinski definition) is 0. The average molecular weight is 312 g/mol. The lowest BCUT2D eigenvalue weighted by atomic mass is 10.3. The molecule has 0 aromatic carbocycles. The molecule has 20 heavy (non-hydrogen) atoms. The molecule has 0 amide bonds. The van der Waals surface area contributed by atoms with Crippen LogP contribution in [0.3, 0.4) is 0 Å². The van der Waals surface area contributed by atoms with Crippen molar-refractivity contribution < 1.29 is 9.15 Å². The molecule has 0 unspecified atom stereocenters. The molecule has 1 aliphatic rings. The van der Waals surface area contributed by atoms with Crippen molar-refractivity contribution in [1.82, 2.24) is 19.7 Å². The number of aromatic nitrogens is 3. The van der Waals surface area contributed by atoms with E-state index in [0.717, 1.165) is 37.0 Å². The van der Waals surface area contributed by atoms with E-state index < -0.39 is 0 Å². The highest BCUT2D eigenvalue weighted by Gasteiger charge is 2.14. The molecule has 0 N–H and O–H groups in total. The molecule has 0 atom stereocenters.